The second kappa shape index (κ2) is 11.9. The number of amides is 1. The maximum Gasteiger partial charge on any atom is 0.246 e. The first-order chi connectivity index (χ1) is 19.6. The van der Waals surface area contributed by atoms with E-state index in [0.717, 1.165) is 61.2 Å². The van der Waals surface area contributed by atoms with Gasteiger partial charge in [-0.15, -0.1) is 15.0 Å². The molecule has 4 aromatic rings. The summed E-state index contributed by atoms with van der Waals surface area (Å²) in [4.78, 5) is 27.9. The summed E-state index contributed by atoms with van der Waals surface area (Å²) in [7, 11) is 0. The standard InChI is InChI=1S/C27H30N10O2S/c1-2-25(38)36-9-8-20(18-36)29-23-14-19(17-35-10-12-39-13-11-35)15-24(30-23)31-27-28-16-22(40-27)26-32-34-37(33-26)21-6-4-3-5-7-21/h2-7,14-16,20H,1,8-13,17-18H2,(H2,28,29,30,31)/t20-/m0/s1. The number of thiazole rings is 1. The van der Waals surface area contributed by atoms with Crippen molar-refractivity contribution >= 4 is 34.0 Å². The van der Waals surface area contributed by atoms with Crippen LogP contribution < -0.4 is 10.6 Å². The van der Waals surface area contributed by atoms with E-state index in [2.05, 4.69) is 48.6 Å². The van der Waals surface area contributed by atoms with E-state index in [0.29, 0.717) is 29.9 Å². The highest BCUT2D eigenvalue weighted by Crippen LogP contribution is 2.29. The normalized spacial score (nSPS) is 17.6. The molecule has 0 saturated carbocycles. The Morgan fingerprint density at radius 2 is 1.98 bits per heavy atom. The third-order valence-electron chi connectivity index (χ3n) is 6.78. The molecule has 0 bridgehead atoms. The summed E-state index contributed by atoms with van der Waals surface area (Å²) in [6.45, 7) is 8.97. The van der Waals surface area contributed by atoms with Crippen LogP contribution in [0.2, 0.25) is 0 Å². The maximum absolute atomic E-state index is 12.0. The number of aromatic nitrogens is 6. The van der Waals surface area contributed by atoms with E-state index in [1.165, 1.54) is 22.2 Å². The van der Waals surface area contributed by atoms with Crippen molar-refractivity contribution in [3.05, 3.63) is 66.9 Å². The van der Waals surface area contributed by atoms with Crippen LogP contribution in [0.5, 0.6) is 0 Å². The number of morpholine rings is 1. The molecule has 1 aromatic carbocycles. The molecule has 2 aliphatic heterocycles. The third-order valence-corrected chi connectivity index (χ3v) is 7.69. The highest BCUT2D eigenvalue weighted by molar-refractivity contribution is 7.18. The topological polar surface area (TPSA) is 126 Å². The van der Waals surface area contributed by atoms with E-state index in [-0.39, 0.29) is 11.9 Å². The first-order valence-corrected chi connectivity index (χ1v) is 14.0. The van der Waals surface area contributed by atoms with Crippen molar-refractivity contribution in [3.63, 3.8) is 0 Å². The zero-order chi connectivity index (χ0) is 27.3. The Kier molecular flexibility index (Phi) is 7.75. The number of rotatable bonds is 9. The van der Waals surface area contributed by atoms with Gasteiger partial charge in [0.2, 0.25) is 11.7 Å². The number of tetrazole rings is 1. The van der Waals surface area contributed by atoms with E-state index in [1.807, 2.05) is 36.4 Å². The lowest BCUT2D eigenvalue weighted by Gasteiger charge is -2.27. The SMILES string of the molecule is C=CC(=O)N1CC[C@H](Nc2cc(CN3CCOCC3)cc(Nc3ncc(-c4nnn(-c5ccccc5)n4)s3)n2)C1. The van der Waals surface area contributed by atoms with Gasteiger partial charge >= 0.3 is 0 Å². The summed E-state index contributed by atoms with van der Waals surface area (Å²) in [5.41, 5.74) is 1.97. The highest BCUT2D eigenvalue weighted by atomic mass is 32.1. The van der Waals surface area contributed by atoms with Crippen LogP contribution in [0, 0.1) is 0 Å². The number of carbonyl (C=O) groups excluding carboxylic acids is 1. The van der Waals surface area contributed by atoms with Crippen LogP contribution in [0.25, 0.3) is 16.4 Å². The first kappa shape index (κ1) is 26.0. The molecule has 3 aromatic heterocycles. The summed E-state index contributed by atoms with van der Waals surface area (Å²) < 4.78 is 5.52. The molecule has 2 aliphatic rings. The smallest absolute Gasteiger partial charge is 0.246 e. The van der Waals surface area contributed by atoms with Gasteiger partial charge < -0.3 is 20.3 Å². The molecule has 0 aliphatic carbocycles. The first-order valence-electron chi connectivity index (χ1n) is 13.2. The van der Waals surface area contributed by atoms with Crippen LogP contribution in [0.3, 0.4) is 0 Å². The molecule has 12 nitrogen and oxygen atoms in total. The van der Waals surface area contributed by atoms with Gasteiger partial charge in [-0.3, -0.25) is 9.69 Å². The number of carbonyl (C=O) groups is 1. The second-order valence-corrected chi connectivity index (χ2v) is 10.7. The molecule has 13 heteroatoms. The van der Waals surface area contributed by atoms with Crippen molar-refractivity contribution in [2.45, 2.75) is 19.0 Å². The van der Waals surface area contributed by atoms with Crippen LogP contribution >= 0.6 is 11.3 Å². The fraction of sp³-hybridized carbons (Fsp3) is 0.333. The van der Waals surface area contributed by atoms with Crippen LogP contribution in [0.4, 0.5) is 16.8 Å². The minimum Gasteiger partial charge on any atom is -0.379 e. The summed E-state index contributed by atoms with van der Waals surface area (Å²) in [6, 6.07) is 13.9. The molecular formula is C27H30N10O2S. The van der Waals surface area contributed by atoms with Gasteiger partial charge in [0.1, 0.15) is 11.6 Å². The predicted octanol–water partition coefficient (Wildman–Crippen LogP) is 2.96. The third kappa shape index (κ3) is 6.17. The number of benzene rings is 1. The Bertz CT molecular complexity index is 1470. The van der Waals surface area contributed by atoms with Gasteiger partial charge in [-0.2, -0.15) is 0 Å². The number of ether oxygens (including phenoxy) is 1. The number of anilines is 3. The van der Waals surface area contributed by atoms with Gasteiger partial charge in [-0.1, -0.05) is 36.1 Å². The monoisotopic (exact) mass is 558 g/mol. The molecule has 2 N–H and O–H groups in total. The van der Waals surface area contributed by atoms with Gasteiger partial charge in [0, 0.05) is 38.8 Å². The van der Waals surface area contributed by atoms with Gasteiger partial charge in [0.25, 0.3) is 0 Å². The molecule has 6 rings (SSSR count). The zero-order valence-electron chi connectivity index (χ0n) is 21.9. The van der Waals surface area contributed by atoms with Crippen molar-refractivity contribution in [2.24, 2.45) is 0 Å². The molecule has 0 unspecified atom stereocenters. The Labute approximate surface area is 235 Å². The zero-order valence-corrected chi connectivity index (χ0v) is 22.8. The fourth-order valence-electron chi connectivity index (χ4n) is 4.78. The minimum absolute atomic E-state index is 0.0430. The quantitative estimate of drug-likeness (QED) is 0.296. The van der Waals surface area contributed by atoms with E-state index in [9.17, 15) is 4.79 Å². The summed E-state index contributed by atoms with van der Waals surface area (Å²) in [5, 5.41) is 20.5. The van der Waals surface area contributed by atoms with Crippen molar-refractivity contribution in [2.75, 3.05) is 50.0 Å². The van der Waals surface area contributed by atoms with Crippen molar-refractivity contribution in [1.82, 2.24) is 40.0 Å². The number of nitrogens with one attached hydrogen (secondary N) is 2. The Balaban J connectivity index is 1.19. The van der Waals surface area contributed by atoms with E-state index < -0.39 is 0 Å². The van der Waals surface area contributed by atoms with Gasteiger partial charge in [0.15, 0.2) is 5.13 Å². The molecule has 2 saturated heterocycles. The van der Waals surface area contributed by atoms with Crippen molar-refractivity contribution in [1.29, 1.82) is 0 Å². The summed E-state index contributed by atoms with van der Waals surface area (Å²) >= 11 is 1.43. The molecular weight excluding hydrogens is 528 g/mol. The second-order valence-electron chi connectivity index (χ2n) is 9.65. The van der Waals surface area contributed by atoms with Crippen molar-refractivity contribution < 1.29 is 9.53 Å². The lowest BCUT2D eigenvalue weighted by atomic mass is 10.2. The van der Waals surface area contributed by atoms with Gasteiger partial charge in [0.05, 0.1) is 30.0 Å². The van der Waals surface area contributed by atoms with E-state index in [1.54, 1.807) is 11.1 Å². The Hall–Kier alpha value is -4.20. The molecule has 0 spiro atoms. The average Bonchev–Trinajstić information content (AvgIpc) is 3.75. The highest BCUT2D eigenvalue weighted by Gasteiger charge is 2.25. The Morgan fingerprint density at radius 1 is 1.15 bits per heavy atom. The number of nitrogens with zero attached hydrogens (tertiary/aromatic N) is 8. The van der Waals surface area contributed by atoms with E-state index in [4.69, 9.17) is 9.72 Å². The number of hydrogen-bond donors (Lipinski definition) is 2. The minimum atomic E-state index is -0.0430. The van der Waals surface area contributed by atoms with Crippen LogP contribution in [-0.4, -0.2) is 91.3 Å². The van der Waals surface area contributed by atoms with Gasteiger partial charge in [-0.05, 0) is 47.5 Å². The molecule has 0 radical (unpaired) electrons. The van der Waals surface area contributed by atoms with E-state index >= 15 is 0 Å². The molecule has 2 fully saturated rings. The molecule has 1 atom stereocenters. The Morgan fingerprint density at radius 3 is 2.80 bits per heavy atom. The van der Waals surface area contributed by atoms with Crippen LogP contribution in [0.1, 0.15) is 12.0 Å². The lowest BCUT2D eigenvalue weighted by molar-refractivity contribution is -0.125. The van der Waals surface area contributed by atoms with Crippen LogP contribution in [0.15, 0.2) is 61.3 Å². The lowest BCUT2D eigenvalue weighted by Crippen LogP contribution is -2.35. The molecule has 206 valence electrons. The summed E-state index contributed by atoms with van der Waals surface area (Å²) in [5.74, 6) is 1.91. The largest absolute Gasteiger partial charge is 0.379 e. The van der Waals surface area contributed by atoms with Gasteiger partial charge in [-0.25, -0.2) is 9.97 Å². The molecule has 40 heavy (non-hydrogen) atoms. The number of para-hydroxylation sites is 1. The predicted molar refractivity (Wildman–Crippen MR) is 153 cm³/mol. The molecule has 1 amide bonds. The fourth-order valence-corrected chi connectivity index (χ4v) is 5.53. The van der Waals surface area contributed by atoms with Crippen LogP contribution in [-0.2, 0) is 16.1 Å². The summed E-state index contributed by atoms with van der Waals surface area (Å²) in [6.07, 6.45) is 3.95. The average molecular weight is 559 g/mol. The number of pyridine rings is 1. The van der Waals surface area contributed by atoms with Crippen molar-refractivity contribution in [3.8, 4) is 16.4 Å². The number of hydrogen-bond acceptors (Lipinski definition) is 11. The molecule has 5 heterocycles. The number of likely N-dealkylation sites (tertiary alicyclic amines) is 1. The maximum atomic E-state index is 12.0.